The highest BCUT2D eigenvalue weighted by atomic mass is 32.2. The van der Waals surface area contributed by atoms with Gasteiger partial charge in [-0.05, 0) is 31.5 Å². The quantitative estimate of drug-likeness (QED) is 0.509. The predicted octanol–water partition coefficient (Wildman–Crippen LogP) is 2.29. The van der Waals surface area contributed by atoms with E-state index in [-0.39, 0.29) is 17.7 Å². The molecular formula is C23H22N2O6S. The van der Waals surface area contributed by atoms with E-state index >= 15 is 0 Å². The van der Waals surface area contributed by atoms with E-state index in [0.29, 0.717) is 0 Å². The van der Waals surface area contributed by atoms with Crippen molar-refractivity contribution in [2.45, 2.75) is 42.7 Å². The maximum Gasteiger partial charge on any atom is 0.336 e. The van der Waals surface area contributed by atoms with Gasteiger partial charge in [0.2, 0.25) is 5.91 Å². The summed E-state index contributed by atoms with van der Waals surface area (Å²) in [6, 6.07) is 13.4. The van der Waals surface area contributed by atoms with Gasteiger partial charge in [0.15, 0.2) is 0 Å². The minimum atomic E-state index is -1.23. The second-order valence-electron chi connectivity index (χ2n) is 8.16. The van der Waals surface area contributed by atoms with Gasteiger partial charge in [0.25, 0.3) is 5.91 Å². The third kappa shape index (κ3) is 3.84. The normalized spacial score (nSPS) is 23.1. The lowest BCUT2D eigenvalue weighted by Gasteiger charge is -2.44. The second-order valence-corrected chi connectivity index (χ2v) is 9.93. The van der Waals surface area contributed by atoms with Gasteiger partial charge in [0, 0.05) is 4.75 Å². The van der Waals surface area contributed by atoms with E-state index < -0.39 is 46.0 Å². The Balaban J connectivity index is 1.46. The van der Waals surface area contributed by atoms with Gasteiger partial charge >= 0.3 is 11.9 Å². The number of carboxylic acids is 1. The van der Waals surface area contributed by atoms with Crippen LogP contribution in [0.4, 0.5) is 0 Å². The molecule has 2 amide bonds. The molecule has 2 N–H and O–H groups in total. The average molecular weight is 455 g/mol. The van der Waals surface area contributed by atoms with Gasteiger partial charge in [-0.1, -0.05) is 42.5 Å². The zero-order chi connectivity index (χ0) is 23.0. The van der Waals surface area contributed by atoms with Crippen LogP contribution >= 0.6 is 11.8 Å². The van der Waals surface area contributed by atoms with E-state index in [1.807, 2.05) is 44.2 Å². The van der Waals surface area contributed by atoms with Gasteiger partial charge in [-0.2, -0.15) is 0 Å². The van der Waals surface area contributed by atoms with Crippen LogP contribution in [0.2, 0.25) is 0 Å². The van der Waals surface area contributed by atoms with Crippen molar-refractivity contribution in [2.75, 3.05) is 0 Å². The number of fused-ring (bicyclic) bond motifs is 1. The molecule has 9 heteroatoms. The molecule has 0 aliphatic carbocycles. The second kappa shape index (κ2) is 8.31. The minimum Gasteiger partial charge on any atom is -0.478 e. The standard InChI is InChI=1S/C23H22N2O6S/c1-23(2)17(22(30)31-12-13-8-4-3-5-9-13)25-19(27)16(20(25)32-23)24-18(26)14-10-6-7-11-15(14)21(28)29/h3-11,16-17,20H,12H2,1-2H3,(H,24,26)(H,28,29)/t16-,17+,20+/m1/s1. The van der Waals surface area contributed by atoms with Crippen molar-refractivity contribution in [1.82, 2.24) is 10.2 Å². The summed E-state index contributed by atoms with van der Waals surface area (Å²) in [5.74, 6) is -2.76. The lowest BCUT2D eigenvalue weighted by atomic mass is 9.95. The van der Waals surface area contributed by atoms with Gasteiger partial charge < -0.3 is 20.1 Å². The number of esters is 1. The van der Waals surface area contributed by atoms with Crippen LogP contribution in [0, 0.1) is 0 Å². The zero-order valence-electron chi connectivity index (χ0n) is 17.5. The summed E-state index contributed by atoms with van der Waals surface area (Å²) in [5.41, 5.74) is 0.681. The third-order valence-electron chi connectivity index (χ3n) is 5.58. The molecule has 4 rings (SSSR count). The number of aromatic carboxylic acids is 1. The van der Waals surface area contributed by atoms with Crippen molar-refractivity contribution in [3.05, 3.63) is 71.3 Å². The number of nitrogens with one attached hydrogen (secondary N) is 1. The first-order valence-corrected chi connectivity index (χ1v) is 10.9. The van der Waals surface area contributed by atoms with E-state index in [9.17, 15) is 24.3 Å². The Morgan fingerprint density at radius 1 is 1.06 bits per heavy atom. The molecule has 0 unspecified atom stereocenters. The molecule has 2 aromatic rings. The summed E-state index contributed by atoms with van der Waals surface area (Å²) in [7, 11) is 0. The number of hydrogen-bond acceptors (Lipinski definition) is 6. The first-order valence-electron chi connectivity index (χ1n) is 10.0. The fourth-order valence-corrected chi connectivity index (χ4v) is 5.64. The lowest BCUT2D eigenvalue weighted by molar-refractivity contribution is -0.164. The topological polar surface area (TPSA) is 113 Å². The number of carboxylic acid groups (broad SMARTS) is 1. The van der Waals surface area contributed by atoms with E-state index in [2.05, 4.69) is 5.32 Å². The van der Waals surface area contributed by atoms with Gasteiger partial charge in [0.1, 0.15) is 24.1 Å². The van der Waals surface area contributed by atoms with Crippen molar-refractivity contribution in [3.63, 3.8) is 0 Å². The molecule has 3 atom stereocenters. The van der Waals surface area contributed by atoms with Crippen molar-refractivity contribution < 1.29 is 29.0 Å². The average Bonchev–Trinajstić information content (AvgIpc) is 3.04. The maximum absolute atomic E-state index is 12.9. The molecule has 0 radical (unpaired) electrons. The van der Waals surface area contributed by atoms with Gasteiger partial charge in [-0.25, -0.2) is 9.59 Å². The molecule has 0 bridgehead atoms. The lowest BCUT2D eigenvalue weighted by Crippen LogP contribution is -2.70. The summed E-state index contributed by atoms with van der Waals surface area (Å²) in [4.78, 5) is 51.3. The molecule has 0 aromatic heterocycles. The number of ether oxygens (including phenoxy) is 1. The van der Waals surface area contributed by atoms with Crippen LogP contribution in [0.1, 0.15) is 40.1 Å². The smallest absolute Gasteiger partial charge is 0.336 e. The highest BCUT2D eigenvalue weighted by Crippen LogP contribution is 2.51. The molecule has 32 heavy (non-hydrogen) atoms. The minimum absolute atomic E-state index is 0.0210. The van der Waals surface area contributed by atoms with Crippen LogP contribution in [0.3, 0.4) is 0 Å². The molecule has 2 fully saturated rings. The first-order chi connectivity index (χ1) is 15.2. The van der Waals surface area contributed by atoms with E-state index in [0.717, 1.165) is 5.56 Å². The van der Waals surface area contributed by atoms with Crippen LogP contribution in [0.15, 0.2) is 54.6 Å². The summed E-state index contributed by atoms with van der Waals surface area (Å²) in [6.45, 7) is 3.82. The summed E-state index contributed by atoms with van der Waals surface area (Å²) < 4.78 is 4.86. The van der Waals surface area contributed by atoms with Gasteiger partial charge in [-0.3, -0.25) is 9.59 Å². The van der Waals surface area contributed by atoms with E-state index in [1.54, 1.807) is 6.07 Å². The van der Waals surface area contributed by atoms with Gasteiger partial charge in [0.05, 0.1) is 11.1 Å². The van der Waals surface area contributed by atoms with Crippen LogP contribution in [0.5, 0.6) is 0 Å². The number of thioether (sulfide) groups is 1. The fraction of sp³-hybridized carbons (Fsp3) is 0.304. The van der Waals surface area contributed by atoms with Crippen molar-refractivity contribution in [3.8, 4) is 0 Å². The number of nitrogens with zero attached hydrogens (tertiary/aromatic N) is 1. The molecular weight excluding hydrogens is 432 g/mol. The SMILES string of the molecule is CC1(C)S[C@H]2[C@H](NC(=O)c3ccccc3C(=O)O)C(=O)N2[C@H]1C(=O)OCc1ccccc1. The Bertz CT molecular complexity index is 1090. The number of benzene rings is 2. The fourth-order valence-electron chi connectivity index (χ4n) is 4.02. The predicted molar refractivity (Wildman–Crippen MR) is 117 cm³/mol. The highest BCUT2D eigenvalue weighted by molar-refractivity contribution is 8.01. The van der Waals surface area contributed by atoms with Crippen LogP contribution in [0.25, 0.3) is 0 Å². The number of β-lactam (4-membered cyclic amide) rings is 1. The molecule has 2 aliphatic rings. The number of rotatable bonds is 6. The molecule has 2 aliphatic heterocycles. The Labute approximate surface area is 188 Å². The summed E-state index contributed by atoms with van der Waals surface area (Å²) in [6.07, 6.45) is 0. The maximum atomic E-state index is 12.9. The van der Waals surface area contributed by atoms with Crippen molar-refractivity contribution in [2.24, 2.45) is 0 Å². The summed E-state index contributed by atoms with van der Waals surface area (Å²) >= 11 is 1.41. The van der Waals surface area contributed by atoms with Crippen molar-refractivity contribution in [1.29, 1.82) is 0 Å². The van der Waals surface area contributed by atoms with Crippen LogP contribution < -0.4 is 5.32 Å². The molecule has 2 aromatic carbocycles. The Morgan fingerprint density at radius 2 is 1.69 bits per heavy atom. The Hall–Kier alpha value is -3.33. The highest BCUT2D eigenvalue weighted by Gasteiger charge is 2.64. The molecule has 8 nitrogen and oxygen atoms in total. The summed E-state index contributed by atoms with van der Waals surface area (Å²) in [5, 5.41) is 11.5. The van der Waals surface area contributed by atoms with Gasteiger partial charge in [-0.15, -0.1) is 11.8 Å². The number of amides is 2. The number of hydrogen-bond donors (Lipinski definition) is 2. The molecule has 166 valence electrons. The van der Waals surface area contributed by atoms with Crippen LogP contribution in [-0.4, -0.2) is 56.0 Å². The monoisotopic (exact) mass is 454 g/mol. The van der Waals surface area contributed by atoms with Crippen LogP contribution in [-0.2, 0) is 20.9 Å². The van der Waals surface area contributed by atoms with E-state index in [4.69, 9.17) is 4.74 Å². The Kier molecular flexibility index (Phi) is 5.68. The largest absolute Gasteiger partial charge is 0.478 e. The number of carbonyl (C=O) groups excluding carboxylic acids is 3. The molecule has 0 saturated carbocycles. The zero-order valence-corrected chi connectivity index (χ0v) is 18.3. The van der Waals surface area contributed by atoms with E-state index in [1.165, 1.54) is 34.9 Å². The molecule has 2 heterocycles. The van der Waals surface area contributed by atoms with Crippen molar-refractivity contribution >= 4 is 35.5 Å². The molecule has 0 spiro atoms. The number of carbonyl (C=O) groups is 4. The Morgan fingerprint density at radius 3 is 2.34 bits per heavy atom. The molecule has 2 saturated heterocycles. The third-order valence-corrected chi connectivity index (χ3v) is 7.15. The first kappa shape index (κ1) is 21.9.